The van der Waals surface area contributed by atoms with Crippen molar-refractivity contribution in [1.82, 2.24) is 10.0 Å². The standard InChI is InChI=1S/C20H23BrN2O3S/c1-20(2,14-6-4-3-5-7-14)13-22-19(24)17-12-16(10-11-18(17)21)27(25,26)23-15-8-9-15/h3-7,10-12,15,23H,8-9,13H2,1-2H3,(H,22,24). The van der Waals surface area contributed by atoms with Gasteiger partial charge in [0.15, 0.2) is 0 Å². The number of carbonyl (C=O) groups excluding carboxylic acids is 1. The van der Waals surface area contributed by atoms with Crippen LogP contribution in [-0.2, 0) is 15.4 Å². The fourth-order valence-electron chi connectivity index (χ4n) is 2.72. The summed E-state index contributed by atoms with van der Waals surface area (Å²) in [5.41, 5.74) is 1.17. The van der Waals surface area contributed by atoms with E-state index in [1.54, 1.807) is 6.07 Å². The highest BCUT2D eigenvalue weighted by molar-refractivity contribution is 9.10. The van der Waals surface area contributed by atoms with E-state index in [2.05, 4.69) is 39.8 Å². The number of carbonyl (C=O) groups is 1. The lowest BCUT2D eigenvalue weighted by atomic mass is 9.84. The summed E-state index contributed by atoms with van der Waals surface area (Å²) in [6.07, 6.45) is 1.72. The Labute approximate surface area is 168 Å². The van der Waals surface area contributed by atoms with Crippen LogP contribution in [-0.4, -0.2) is 26.9 Å². The highest BCUT2D eigenvalue weighted by Crippen LogP contribution is 2.26. The molecule has 27 heavy (non-hydrogen) atoms. The van der Waals surface area contributed by atoms with Crippen molar-refractivity contribution in [3.8, 4) is 0 Å². The number of sulfonamides is 1. The maximum absolute atomic E-state index is 12.7. The molecule has 144 valence electrons. The summed E-state index contributed by atoms with van der Waals surface area (Å²) in [6, 6.07) is 14.5. The smallest absolute Gasteiger partial charge is 0.252 e. The molecule has 1 aliphatic rings. The van der Waals surface area contributed by atoms with Gasteiger partial charge in [0, 0.05) is 22.5 Å². The molecule has 0 saturated heterocycles. The van der Waals surface area contributed by atoms with Gasteiger partial charge in [-0.1, -0.05) is 44.2 Å². The number of hydrogen-bond acceptors (Lipinski definition) is 3. The summed E-state index contributed by atoms with van der Waals surface area (Å²) in [5.74, 6) is -0.311. The Morgan fingerprint density at radius 2 is 1.81 bits per heavy atom. The Bertz CT molecular complexity index is 939. The molecule has 2 aromatic rings. The normalized spacial score (nSPS) is 14.8. The second-order valence-electron chi connectivity index (χ2n) is 7.47. The van der Waals surface area contributed by atoms with Crippen LogP contribution in [0.5, 0.6) is 0 Å². The molecule has 0 heterocycles. The zero-order valence-corrected chi connectivity index (χ0v) is 17.7. The van der Waals surface area contributed by atoms with Crippen molar-refractivity contribution in [3.63, 3.8) is 0 Å². The number of amides is 1. The Morgan fingerprint density at radius 3 is 2.44 bits per heavy atom. The summed E-state index contributed by atoms with van der Waals surface area (Å²) in [5, 5.41) is 2.93. The van der Waals surface area contributed by atoms with Gasteiger partial charge in [-0.15, -0.1) is 0 Å². The molecule has 2 N–H and O–H groups in total. The van der Waals surface area contributed by atoms with E-state index in [0.29, 0.717) is 16.6 Å². The summed E-state index contributed by atoms with van der Waals surface area (Å²) in [4.78, 5) is 12.8. The number of benzene rings is 2. The Balaban J connectivity index is 1.75. The molecule has 2 aromatic carbocycles. The predicted molar refractivity (Wildman–Crippen MR) is 109 cm³/mol. The van der Waals surface area contributed by atoms with Gasteiger partial charge in [0.25, 0.3) is 5.91 Å². The van der Waals surface area contributed by atoms with Crippen LogP contribution in [0.1, 0.15) is 42.6 Å². The first-order valence-electron chi connectivity index (χ1n) is 8.85. The van der Waals surface area contributed by atoms with Gasteiger partial charge in [-0.2, -0.15) is 0 Å². The van der Waals surface area contributed by atoms with Crippen molar-refractivity contribution in [2.24, 2.45) is 0 Å². The molecular weight excluding hydrogens is 428 g/mol. The third kappa shape index (κ3) is 4.97. The lowest BCUT2D eigenvalue weighted by Crippen LogP contribution is -2.37. The van der Waals surface area contributed by atoms with Gasteiger partial charge in [-0.05, 0) is 52.5 Å². The second kappa shape index (κ2) is 7.73. The maximum Gasteiger partial charge on any atom is 0.252 e. The van der Waals surface area contributed by atoms with Gasteiger partial charge in [-0.3, -0.25) is 4.79 Å². The lowest BCUT2D eigenvalue weighted by Gasteiger charge is -2.25. The second-order valence-corrected chi connectivity index (χ2v) is 10.0. The van der Waals surface area contributed by atoms with E-state index in [1.807, 2.05) is 30.3 Å². The van der Waals surface area contributed by atoms with Crippen molar-refractivity contribution < 1.29 is 13.2 Å². The molecule has 1 amide bonds. The summed E-state index contributed by atoms with van der Waals surface area (Å²) < 4.78 is 28.0. The average Bonchev–Trinajstić information content (AvgIpc) is 3.44. The van der Waals surface area contributed by atoms with Crippen LogP contribution in [0.2, 0.25) is 0 Å². The van der Waals surface area contributed by atoms with Gasteiger partial charge in [0.05, 0.1) is 10.5 Å². The van der Waals surface area contributed by atoms with Gasteiger partial charge in [0.2, 0.25) is 10.0 Å². The monoisotopic (exact) mass is 450 g/mol. The van der Waals surface area contributed by atoms with Gasteiger partial charge in [0.1, 0.15) is 0 Å². The van der Waals surface area contributed by atoms with Crippen LogP contribution in [0.25, 0.3) is 0 Å². The van der Waals surface area contributed by atoms with Crippen LogP contribution in [0.15, 0.2) is 57.9 Å². The number of rotatable bonds is 7. The molecular formula is C20H23BrN2O3S. The highest BCUT2D eigenvalue weighted by Gasteiger charge is 2.29. The van der Waals surface area contributed by atoms with Crippen LogP contribution in [0.4, 0.5) is 0 Å². The van der Waals surface area contributed by atoms with Crippen LogP contribution >= 0.6 is 15.9 Å². The largest absolute Gasteiger partial charge is 0.351 e. The molecule has 3 rings (SSSR count). The molecule has 0 aliphatic heterocycles. The molecule has 0 aromatic heterocycles. The quantitative estimate of drug-likeness (QED) is 0.676. The van der Waals surface area contributed by atoms with Gasteiger partial charge >= 0.3 is 0 Å². The molecule has 5 nitrogen and oxygen atoms in total. The van der Waals surface area contributed by atoms with Crippen molar-refractivity contribution in [2.45, 2.75) is 43.0 Å². The average molecular weight is 451 g/mol. The van der Waals surface area contributed by atoms with Gasteiger partial charge < -0.3 is 5.32 Å². The summed E-state index contributed by atoms with van der Waals surface area (Å²) >= 11 is 3.35. The minimum absolute atomic E-state index is 0.0163. The van der Waals surface area contributed by atoms with E-state index >= 15 is 0 Å². The van der Waals surface area contributed by atoms with E-state index in [9.17, 15) is 13.2 Å². The summed E-state index contributed by atoms with van der Waals surface area (Å²) in [7, 11) is -3.61. The van der Waals surface area contributed by atoms with E-state index in [1.165, 1.54) is 12.1 Å². The molecule has 0 unspecified atom stereocenters. The fraction of sp³-hybridized carbons (Fsp3) is 0.350. The van der Waals surface area contributed by atoms with E-state index < -0.39 is 10.0 Å². The molecule has 0 radical (unpaired) electrons. The Kier molecular flexibility index (Phi) is 5.74. The lowest BCUT2D eigenvalue weighted by molar-refractivity contribution is 0.0944. The first-order valence-corrected chi connectivity index (χ1v) is 11.1. The summed E-state index contributed by atoms with van der Waals surface area (Å²) in [6.45, 7) is 4.54. The Hall–Kier alpha value is -1.70. The number of hydrogen-bond donors (Lipinski definition) is 2. The topological polar surface area (TPSA) is 75.3 Å². The highest BCUT2D eigenvalue weighted by atomic mass is 79.9. The van der Waals surface area contributed by atoms with Crippen LogP contribution in [0, 0.1) is 0 Å². The van der Waals surface area contributed by atoms with Crippen molar-refractivity contribution in [1.29, 1.82) is 0 Å². The van der Waals surface area contributed by atoms with Crippen LogP contribution < -0.4 is 10.0 Å². The van der Waals surface area contributed by atoms with E-state index in [0.717, 1.165) is 18.4 Å². The molecule has 1 aliphatic carbocycles. The first-order chi connectivity index (χ1) is 12.7. The molecule has 0 spiro atoms. The van der Waals surface area contributed by atoms with E-state index in [4.69, 9.17) is 0 Å². The SMILES string of the molecule is CC(C)(CNC(=O)c1cc(S(=O)(=O)NC2CC2)ccc1Br)c1ccccc1. The van der Waals surface area contributed by atoms with Crippen LogP contribution in [0.3, 0.4) is 0 Å². The Morgan fingerprint density at radius 1 is 1.15 bits per heavy atom. The first kappa shape index (κ1) is 20.0. The minimum atomic E-state index is -3.61. The zero-order chi connectivity index (χ0) is 19.7. The molecule has 1 fully saturated rings. The maximum atomic E-state index is 12.7. The van der Waals surface area contributed by atoms with Crippen molar-refractivity contribution >= 4 is 31.9 Å². The van der Waals surface area contributed by atoms with Crippen molar-refractivity contribution in [2.75, 3.05) is 6.54 Å². The molecule has 7 heteroatoms. The third-order valence-corrected chi connectivity index (χ3v) is 6.85. The van der Waals surface area contributed by atoms with Gasteiger partial charge in [-0.25, -0.2) is 13.1 Å². The molecule has 0 bridgehead atoms. The number of halogens is 1. The molecule has 0 atom stereocenters. The van der Waals surface area contributed by atoms with Crippen molar-refractivity contribution in [3.05, 3.63) is 64.1 Å². The molecule has 1 saturated carbocycles. The predicted octanol–water partition coefficient (Wildman–Crippen LogP) is 3.60. The fourth-order valence-corrected chi connectivity index (χ4v) is 4.48. The minimum Gasteiger partial charge on any atom is -0.351 e. The third-order valence-electron chi connectivity index (χ3n) is 4.64. The zero-order valence-electron chi connectivity index (χ0n) is 15.3. The number of nitrogens with one attached hydrogen (secondary N) is 2. The van der Waals surface area contributed by atoms with E-state index in [-0.39, 0.29) is 22.3 Å².